The fourth-order valence-electron chi connectivity index (χ4n) is 13.9. The van der Waals surface area contributed by atoms with E-state index < -0.39 is 9.84 Å². The van der Waals surface area contributed by atoms with E-state index in [9.17, 15) is 8.42 Å². The summed E-state index contributed by atoms with van der Waals surface area (Å²) in [7, 11) is -2.89. The second kappa shape index (κ2) is 11.7. The van der Waals surface area contributed by atoms with Crippen LogP contribution < -0.4 is 5.32 Å². The van der Waals surface area contributed by atoms with Crippen LogP contribution in [0.15, 0.2) is 23.3 Å². The average Bonchev–Trinajstić information content (AvgIpc) is 3.34. The smallest absolute Gasteiger partial charge is 0.151 e. The summed E-state index contributed by atoms with van der Waals surface area (Å²) in [6.45, 7) is 18.9. The molecule has 10 atom stereocenters. The normalized spacial score (nSPS) is 47.7. The van der Waals surface area contributed by atoms with Crippen molar-refractivity contribution in [3.63, 3.8) is 0 Å². The van der Waals surface area contributed by atoms with Gasteiger partial charge in [0.05, 0.1) is 11.5 Å². The van der Waals surface area contributed by atoms with Gasteiger partial charge >= 0.3 is 0 Å². The first kappa shape index (κ1) is 32.9. The molecule has 5 fully saturated rings. The highest BCUT2D eigenvalue weighted by Gasteiger charge is 2.65. The SMILES string of the molecule is CC1CC=C(C2=CCC3(C)C(CCC4(C)C5CCC6(NCCN7CCS(=O)(=O)CC(C)C7)CCC[C@@H]6C5CCC43)C2(C)C)CC1. The zero-order valence-electron chi connectivity index (χ0n) is 29.8. The lowest BCUT2D eigenvalue weighted by molar-refractivity contribution is -0.175. The van der Waals surface area contributed by atoms with Crippen molar-refractivity contribution in [1.29, 1.82) is 0 Å². The van der Waals surface area contributed by atoms with Gasteiger partial charge in [-0.3, -0.25) is 0 Å². The highest BCUT2D eigenvalue weighted by molar-refractivity contribution is 7.91. The van der Waals surface area contributed by atoms with Gasteiger partial charge in [0.15, 0.2) is 9.84 Å². The lowest BCUT2D eigenvalue weighted by atomic mass is 9.37. The minimum Gasteiger partial charge on any atom is -0.310 e. The van der Waals surface area contributed by atoms with Crippen molar-refractivity contribution in [3.05, 3.63) is 23.3 Å². The Balaban J connectivity index is 1.06. The van der Waals surface area contributed by atoms with E-state index in [1.807, 2.05) is 0 Å². The molecule has 0 amide bonds. The Morgan fingerprint density at radius 2 is 1.69 bits per heavy atom. The Morgan fingerprint density at radius 1 is 0.867 bits per heavy atom. The predicted molar refractivity (Wildman–Crippen MR) is 188 cm³/mol. The molecule has 0 bridgehead atoms. The van der Waals surface area contributed by atoms with Gasteiger partial charge in [0.2, 0.25) is 0 Å². The zero-order chi connectivity index (χ0) is 31.8. The van der Waals surface area contributed by atoms with Crippen LogP contribution in [0.2, 0.25) is 0 Å². The third kappa shape index (κ3) is 5.57. The Kier molecular flexibility index (Phi) is 8.58. The molecule has 0 aromatic carbocycles. The largest absolute Gasteiger partial charge is 0.310 e. The van der Waals surface area contributed by atoms with Gasteiger partial charge in [-0.05, 0) is 146 Å². The molecule has 1 N–H and O–H groups in total. The number of hydrogen-bond donors (Lipinski definition) is 1. The molecule has 45 heavy (non-hydrogen) atoms. The average molecular weight is 639 g/mol. The van der Waals surface area contributed by atoms with Crippen molar-refractivity contribution in [3.8, 4) is 0 Å². The maximum atomic E-state index is 12.3. The van der Waals surface area contributed by atoms with Gasteiger partial charge in [-0.2, -0.15) is 0 Å². The van der Waals surface area contributed by atoms with Crippen LogP contribution in [-0.4, -0.2) is 56.5 Å². The molecule has 1 heterocycles. The molecule has 1 saturated heterocycles. The molecule has 254 valence electrons. The Hall–Kier alpha value is -0.650. The number of allylic oxidation sites excluding steroid dienone is 4. The Bertz CT molecular complexity index is 1300. The monoisotopic (exact) mass is 638 g/mol. The molecule has 0 radical (unpaired) electrons. The van der Waals surface area contributed by atoms with E-state index in [2.05, 4.69) is 63.9 Å². The molecule has 4 saturated carbocycles. The predicted octanol–water partition coefficient (Wildman–Crippen LogP) is 8.44. The molecule has 6 aliphatic carbocycles. The quantitative estimate of drug-likeness (QED) is 0.328. The number of fused-ring (bicyclic) bond motifs is 7. The molecule has 7 aliphatic rings. The van der Waals surface area contributed by atoms with Crippen LogP contribution in [-0.2, 0) is 9.84 Å². The van der Waals surface area contributed by atoms with Crippen LogP contribution in [0.1, 0.15) is 125 Å². The van der Waals surface area contributed by atoms with E-state index >= 15 is 0 Å². The molecule has 9 unspecified atom stereocenters. The van der Waals surface area contributed by atoms with Crippen LogP contribution in [0, 0.1) is 57.7 Å². The second-order valence-corrected chi connectivity index (χ2v) is 21.0. The first-order valence-corrected chi connectivity index (χ1v) is 21.2. The van der Waals surface area contributed by atoms with Gasteiger partial charge in [-0.25, -0.2) is 8.42 Å². The highest BCUT2D eigenvalue weighted by Crippen LogP contribution is 2.72. The number of sulfone groups is 1. The molecule has 4 nitrogen and oxygen atoms in total. The summed E-state index contributed by atoms with van der Waals surface area (Å²) in [5.41, 5.74) is 4.94. The molecule has 7 rings (SSSR count). The summed E-state index contributed by atoms with van der Waals surface area (Å²) < 4.78 is 24.7. The zero-order valence-corrected chi connectivity index (χ0v) is 30.6. The molecule has 0 aromatic rings. The number of nitrogens with one attached hydrogen (secondary N) is 1. The molecule has 1 aliphatic heterocycles. The molecular formula is C40H66N2O2S. The number of nitrogens with zero attached hydrogens (tertiary/aromatic N) is 1. The molecular weight excluding hydrogens is 573 g/mol. The highest BCUT2D eigenvalue weighted by atomic mass is 32.2. The maximum Gasteiger partial charge on any atom is 0.151 e. The van der Waals surface area contributed by atoms with Gasteiger partial charge in [0.1, 0.15) is 0 Å². The standard InChI is InChI=1S/C40H66N2O2S/c1-28-9-11-30(12-10-28)32-15-19-39(6)35(37(32,3)4)17-20-38(5)33-16-21-40(18-7-8-34(40)31(33)13-14-36(38)39)41-22-23-42-24-25-45(43,44)27-29(2)26-42/h11,15,28-29,31,33-36,41H,7-10,12-14,16-27H2,1-6H3/t28?,29?,31?,33?,34-,35?,36?,38?,39?,40?/m1/s1. The third-order valence-corrected chi connectivity index (χ3v) is 17.7. The molecule has 5 heteroatoms. The summed E-state index contributed by atoms with van der Waals surface area (Å²) in [5.74, 6) is 6.04. The summed E-state index contributed by atoms with van der Waals surface area (Å²) in [4.78, 5) is 2.43. The van der Waals surface area contributed by atoms with E-state index in [-0.39, 0.29) is 11.3 Å². The summed E-state index contributed by atoms with van der Waals surface area (Å²) >= 11 is 0. The van der Waals surface area contributed by atoms with Crippen LogP contribution in [0.25, 0.3) is 0 Å². The van der Waals surface area contributed by atoms with Crippen LogP contribution in [0.3, 0.4) is 0 Å². The van der Waals surface area contributed by atoms with Gasteiger partial charge in [0, 0.05) is 31.7 Å². The van der Waals surface area contributed by atoms with Crippen molar-refractivity contribution in [1.82, 2.24) is 10.2 Å². The van der Waals surface area contributed by atoms with Crippen molar-refractivity contribution in [2.75, 3.05) is 37.7 Å². The first-order chi connectivity index (χ1) is 21.3. The fraction of sp³-hybridized carbons (Fsp3) is 0.900. The van der Waals surface area contributed by atoms with Gasteiger partial charge in [-0.1, -0.05) is 60.1 Å². The molecule has 0 spiro atoms. The van der Waals surface area contributed by atoms with E-state index in [0.29, 0.717) is 34.4 Å². The summed E-state index contributed by atoms with van der Waals surface area (Å²) in [6, 6.07) is 0. The van der Waals surface area contributed by atoms with E-state index in [0.717, 1.165) is 55.1 Å². The lowest BCUT2D eigenvalue weighted by Crippen LogP contribution is -2.64. The van der Waals surface area contributed by atoms with Gasteiger partial charge in [-0.15, -0.1) is 0 Å². The fourth-order valence-corrected chi connectivity index (χ4v) is 15.6. The van der Waals surface area contributed by atoms with Gasteiger partial charge in [0.25, 0.3) is 0 Å². The first-order valence-electron chi connectivity index (χ1n) is 19.4. The van der Waals surface area contributed by atoms with Gasteiger partial charge < -0.3 is 10.2 Å². The van der Waals surface area contributed by atoms with Crippen molar-refractivity contribution >= 4 is 9.84 Å². The van der Waals surface area contributed by atoms with Crippen molar-refractivity contribution < 1.29 is 8.42 Å². The third-order valence-electron chi connectivity index (χ3n) is 15.8. The Morgan fingerprint density at radius 3 is 2.47 bits per heavy atom. The number of hydrogen-bond acceptors (Lipinski definition) is 4. The van der Waals surface area contributed by atoms with Crippen LogP contribution in [0.4, 0.5) is 0 Å². The minimum atomic E-state index is -2.89. The molecule has 0 aromatic heterocycles. The van der Waals surface area contributed by atoms with Crippen molar-refractivity contribution in [2.45, 2.75) is 131 Å². The van der Waals surface area contributed by atoms with E-state index in [4.69, 9.17) is 0 Å². The van der Waals surface area contributed by atoms with Crippen molar-refractivity contribution in [2.24, 2.45) is 57.7 Å². The second-order valence-electron chi connectivity index (χ2n) is 18.8. The van der Waals surface area contributed by atoms with Crippen LogP contribution in [0.5, 0.6) is 0 Å². The lowest BCUT2D eigenvalue weighted by Gasteiger charge is -2.68. The maximum absolute atomic E-state index is 12.3. The summed E-state index contributed by atoms with van der Waals surface area (Å²) in [6.07, 6.45) is 23.3. The van der Waals surface area contributed by atoms with E-state index in [1.54, 1.807) is 11.1 Å². The summed E-state index contributed by atoms with van der Waals surface area (Å²) in [5, 5.41) is 4.22. The van der Waals surface area contributed by atoms with E-state index in [1.165, 1.54) is 83.5 Å². The number of rotatable bonds is 5. The van der Waals surface area contributed by atoms with Crippen LogP contribution >= 0.6 is 0 Å². The minimum absolute atomic E-state index is 0.239. The Labute approximate surface area is 276 Å². The topological polar surface area (TPSA) is 49.4 Å².